The third-order valence-electron chi connectivity index (χ3n) is 5.72. The van der Waals surface area contributed by atoms with Crippen molar-refractivity contribution in [2.75, 3.05) is 11.9 Å². The average Bonchev–Trinajstić information content (AvgIpc) is 3.11. The second-order valence-corrected chi connectivity index (χ2v) is 8.60. The highest BCUT2D eigenvalue weighted by molar-refractivity contribution is 7.79. The number of hydrogen-bond donors (Lipinski definition) is 1. The van der Waals surface area contributed by atoms with Gasteiger partial charge in [0.25, 0.3) is 0 Å². The minimum absolute atomic E-state index is 0.158. The molecule has 2 aromatic carbocycles. The topological polar surface area (TPSA) is 66.0 Å². The minimum atomic E-state index is -0.684. The number of carbonyl (C=O) groups excluding carboxylic acids is 1. The second-order valence-electron chi connectivity index (χ2n) is 8.27. The fourth-order valence-electron chi connectivity index (χ4n) is 4.14. The highest BCUT2D eigenvalue weighted by Gasteiger charge is 2.52. The van der Waals surface area contributed by atoms with E-state index in [-0.39, 0.29) is 17.4 Å². The predicted octanol–water partition coefficient (Wildman–Crippen LogP) is 4.80. The van der Waals surface area contributed by atoms with Gasteiger partial charge in [-0.25, -0.2) is 4.79 Å². The number of nitrogens with one attached hydrogen (secondary N) is 1. The van der Waals surface area contributed by atoms with E-state index in [1.54, 1.807) is 0 Å². The van der Waals surface area contributed by atoms with Crippen LogP contribution in [0.5, 0.6) is 0 Å². The van der Waals surface area contributed by atoms with E-state index in [1.165, 1.54) is 0 Å². The molecule has 0 aromatic heterocycles. The first-order chi connectivity index (χ1) is 13.8. The third-order valence-corrected chi connectivity index (χ3v) is 5.94. The first kappa shape index (κ1) is 19.9. The molecule has 2 aliphatic heterocycles. The Bertz CT molecular complexity index is 940. The molecule has 29 heavy (non-hydrogen) atoms. The van der Waals surface area contributed by atoms with Crippen molar-refractivity contribution in [3.05, 3.63) is 42.5 Å². The summed E-state index contributed by atoms with van der Waals surface area (Å²) in [6.07, 6.45) is 0.172. The lowest BCUT2D eigenvalue weighted by Crippen LogP contribution is -2.58. The van der Waals surface area contributed by atoms with Crippen LogP contribution < -0.4 is 5.32 Å². The van der Waals surface area contributed by atoms with E-state index in [1.807, 2.05) is 63.2 Å². The lowest BCUT2D eigenvalue weighted by molar-refractivity contribution is -0.237. The number of fused-ring (bicyclic) bond motifs is 1. The van der Waals surface area contributed by atoms with Gasteiger partial charge in [-0.1, -0.05) is 36.4 Å². The summed E-state index contributed by atoms with van der Waals surface area (Å²) in [5.74, 6) is 0. The Morgan fingerprint density at radius 3 is 2.66 bits per heavy atom. The average molecular weight is 416 g/mol. The number of thiocarbonyl (C=S) groups is 1. The number of rotatable bonds is 3. The van der Waals surface area contributed by atoms with Crippen LogP contribution in [0.3, 0.4) is 0 Å². The number of carbonyl (C=O) groups is 1. The molecule has 2 fully saturated rings. The van der Waals surface area contributed by atoms with Gasteiger partial charge in [0, 0.05) is 17.6 Å². The zero-order valence-electron chi connectivity index (χ0n) is 16.8. The Kier molecular flexibility index (Phi) is 5.12. The molecule has 154 valence electrons. The second kappa shape index (κ2) is 7.46. The number of anilines is 1. The monoisotopic (exact) mass is 415 g/mol. The normalized spacial score (nSPS) is 28.4. The van der Waals surface area contributed by atoms with Gasteiger partial charge in [0.15, 0.2) is 6.10 Å². The van der Waals surface area contributed by atoms with E-state index in [9.17, 15) is 4.79 Å². The Hall–Kier alpha value is -2.38. The minimum Gasteiger partial charge on any atom is -0.453 e. The summed E-state index contributed by atoms with van der Waals surface area (Å²) >= 11 is 4.97. The van der Waals surface area contributed by atoms with E-state index < -0.39 is 17.3 Å². The van der Waals surface area contributed by atoms with Gasteiger partial charge in [0.05, 0.1) is 5.69 Å². The van der Waals surface area contributed by atoms with E-state index in [0.29, 0.717) is 19.4 Å². The summed E-state index contributed by atoms with van der Waals surface area (Å²) in [5, 5.41) is 5.05. The summed E-state index contributed by atoms with van der Waals surface area (Å²) in [5.41, 5.74) is -0.523. The van der Waals surface area contributed by atoms with Gasteiger partial charge >= 0.3 is 11.3 Å². The van der Waals surface area contributed by atoms with Crippen LogP contribution in [0, 0.1) is 0 Å². The molecule has 3 atom stereocenters. The molecule has 1 amide bonds. The van der Waals surface area contributed by atoms with Crippen LogP contribution in [0.1, 0.15) is 33.6 Å². The van der Waals surface area contributed by atoms with Crippen molar-refractivity contribution < 1.29 is 23.7 Å². The summed E-state index contributed by atoms with van der Waals surface area (Å²) in [6, 6.07) is 13.7. The molecule has 0 aliphatic carbocycles. The molecule has 7 heteroatoms. The molecular weight excluding hydrogens is 390 g/mol. The van der Waals surface area contributed by atoms with Crippen molar-refractivity contribution >= 4 is 40.0 Å². The van der Waals surface area contributed by atoms with Gasteiger partial charge in [0.2, 0.25) is 0 Å². The third kappa shape index (κ3) is 4.02. The highest BCUT2D eigenvalue weighted by atomic mass is 32.1. The van der Waals surface area contributed by atoms with Crippen molar-refractivity contribution in [3.8, 4) is 0 Å². The molecule has 0 spiro atoms. The Labute approximate surface area is 175 Å². The quantitative estimate of drug-likeness (QED) is 0.726. The van der Waals surface area contributed by atoms with E-state index in [2.05, 4.69) is 5.32 Å². The van der Waals surface area contributed by atoms with Crippen LogP contribution >= 0.6 is 12.2 Å². The number of ether oxygens (including phenoxy) is 4. The Morgan fingerprint density at radius 1 is 1.17 bits per heavy atom. The molecule has 2 aliphatic rings. The molecular formula is C22H25NO5S. The van der Waals surface area contributed by atoms with Crippen molar-refractivity contribution in [1.29, 1.82) is 0 Å². The molecule has 0 bridgehead atoms. The number of amides is 1. The van der Waals surface area contributed by atoms with Crippen LogP contribution in [-0.4, -0.2) is 41.3 Å². The van der Waals surface area contributed by atoms with Crippen molar-refractivity contribution in [2.45, 2.75) is 57.0 Å². The van der Waals surface area contributed by atoms with Gasteiger partial charge in [-0.05, 0) is 45.1 Å². The van der Waals surface area contributed by atoms with Gasteiger partial charge in [-0.3, -0.25) is 5.32 Å². The van der Waals surface area contributed by atoms with Crippen LogP contribution in [0.25, 0.3) is 10.8 Å². The smallest absolute Gasteiger partial charge is 0.412 e. The molecule has 0 saturated carbocycles. The van der Waals surface area contributed by atoms with Crippen LogP contribution in [0.2, 0.25) is 0 Å². The zero-order chi connectivity index (χ0) is 20.6. The van der Waals surface area contributed by atoms with Gasteiger partial charge in [-0.15, -0.1) is 0 Å². The maximum Gasteiger partial charge on any atom is 0.412 e. The largest absolute Gasteiger partial charge is 0.453 e. The summed E-state index contributed by atoms with van der Waals surface area (Å²) in [6.45, 7) is 6.21. The van der Waals surface area contributed by atoms with Crippen molar-refractivity contribution in [2.24, 2.45) is 0 Å². The first-order valence-electron chi connectivity index (χ1n) is 9.76. The SMILES string of the molecule is CC1(C)O[C@@](C)([C@@H]2COC(=S)O2)CC[C@H]1OC(=O)Nc1cccc2ccccc12. The Morgan fingerprint density at radius 2 is 1.93 bits per heavy atom. The van der Waals surface area contributed by atoms with Gasteiger partial charge in [-0.2, -0.15) is 0 Å². The highest BCUT2D eigenvalue weighted by Crippen LogP contribution is 2.41. The maximum atomic E-state index is 12.6. The number of hydrogen-bond acceptors (Lipinski definition) is 6. The van der Waals surface area contributed by atoms with Crippen molar-refractivity contribution in [1.82, 2.24) is 0 Å². The fourth-order valence-corrected chi connectivity index (χ4v) is 4.33. The molecule has 2 aromatic rings. The molecule has 6 nitrogen and oxygen atoms in total. The fraction of sp³-hybridized carbons (Fsp3) is 0.455. The lowest BCUT2D eigenvalue weighted by Gasteiger charge is -2.48. The van der Waals surface area contributed by atoms with E-state index in [4.69, 9.17) is 31.2 Å². The summed E-state index contributed by atoms with van der Waals surface area (Å²) < 4.78 is 23.0. The molecule has 1 N–H and O–H groups in total. The predicted molar refractivity (Wildman–Crippen MR) is 114 cm³/mol. The summed E-state index contributed by atoms with van der Waals surface area (Å²) in [7, 11) is 0. The van der Waals surface area contributed by atoms with Crippen LogP contribution in [-0.2, 0) is 18.9 Å². The lowest BCUT2D eigenvalue weighted by atomic mass is 9.82. The molecule has 2 saturated heterocycles. The van der Waals surface area contributed by atoms with Crippen LogP contribution in [0.15, 0.2) is 42.5 Å². The Balaban J connectivity index is 1.43. The van der Waals surface area contributed by atoms with Crippen LogP contribution in [0.4, 0.5) is 10.5 Å². The molecule has 2 heterocycles. The number of benzene rings is 2. The molecule has 4 rings (SSSR count). The van der Waals surface area contributed by atoms with E-state index >= 15 is 0 Å². The zero-order valence-corrected chi connectivity index (χ0v) is 17.6. The van der Waals surface area contributed by atoms with E-state index in [0.717, 1.165) is 16.5 Å². The van der Waals surface area contributed by atoms with Crippen molar-refractivity contribution in [3.63, 3.8) is 0 Å². The standard InChI is InChI=1S/C22H25NO5S/c1-21(2)17(11-12-22(3,28-21)18-13-25-20(29)27-18)26-19(24)23-16-10-6-8-14-7-4-5-9-15(14)16/h4-10,17-18H,11-13H2,1-3H3,(H,23,24)/t17-,18+,22-/m1/s1. The molecule has 0 unspecified atom stereocenters. The van der Waals surface area contributed by atoms with Gasteiger partial charge < -0.3 is 18.9 Å². The van der Waals surface area contributed by atoms with Gasteiger partial charge in [0.1, 0.15) is 23.9 Å². The molecule has 0 radical (unpaired) electrons. The maximum absolute atomic E-state index is 12.6. The summed E-state index contributed by atoms with van der Waals surface area (Å²) in [4.78, 5) is 12.6. The first-order valence-corrected chi connectivity index (χ1v) is 10.2.